The molecule has 1 saturated heterocycles. The molecule has 1 N–H and O–H groups in total. The second-order valence-electron chi connectivity index (χ2n) is 6.45. The van der Waals surface area contributed by atoms with Crippen LogP contribution in [0, 0.1) is 5.92 Å². The summed E-state index contributed by atoms with van der Waals surface area (Å²) in [6.45, 7) is 4.22. The molecular weight excluding hydrogens is 332 g/mol. The normalized spacial score (nSPS) is 14.8. The molecule has 1 amide bonds. The topological polar surface area (TPSA) is 76.6 Å². The van der Waals surface area contributed by atoms with Gasteiger partial charge in [-0.25, -0.2) is 9.97 Å². The van der Waals surface area contributed by atoms with E-state index in [1.54, 1.807) is 25.3 Å². The molecule has 0 radical (unpaired) electrons. The first kappa shape index (κ1) is 18.0. The van der Waals surface area contributed by atoms with Crippen molar-refractivity contribution in [1.29, 1.82) is 0 Å². The Labute approximate surface area is 153 Å². The van der Waals surface area contributed by atoms with Crippen LogP contribution < -0.4 is 19.7 Å². The molecule has 2 heterocycles. The summed E-state index contributed by atoms with van der Waals surface area (Å²) >= 11 is 0. The van der Waals surface area contributed by atoms with E-state index in [9.17, 15) is 4.79 Å². The smallest absolute Gasteiger partial charge is 0.256 e. The Morgan fingerprint density at radius 1 is 1.12 bits per heavy atom. The molecule has 3 rings (SSSR count). The van der Waals surface area contributed by atoms with Crippen molar-refractivity contribution in [1.82, 2.24) is 9.97 Å². The van der Waals surface area contributed by atoms with Gasteiger partial charge in [-0.15, -0.1) is 0 Å². The van der Waals surface area contributed by atoms with Gasteiger partial charge in [-0.1, -0.05) is 6.92 Å². The number of nitrogens with zero attached hydrogens (tertiary/aromatic N) is 3. The van der Waals surface area contributed by atoms with Crippen molar-refractivity contribution in [2.24, 2.45) is 5.92 Å². The van der Waals surface area contributed by atoms with Crippen LogP contribution in [-0.4, -0.2) is 43.2 Å². The van der Waals surface area contributed by atoms with E-state index < -0.39 is 0 Å². The number of rotatable bonds is 5. The molecule has 7 nitrogen and oxygen atoms in total. The Kier molecular flexibility index (Phi) is 5.55. The van der Waals surface area contributed by atoms with Gasteiger partial charge in [0.15, 0.2) is 11.5 Å². The lowest BCUT2D eigenvalue weighted by Gasteiger charge is -2.31. The van der Waals surface area contributed by atoms with Crippen LogP contribution in [0.15, 0.2) is 30.6 Å². The van der Waals surface area contributed by atoms with Crippen LogP contribution in [0.1, 0.15) is 30.1 Å². The van der Waals surface area contributed by atoms with E-state index in [1.165, 1.54) is 13.4 Å². The van der Waals surface area contributed by atoms with Crippen LogP contribution in [0.4, 0.5) is 11.6 Å². The molecule has 7 heteroatoms. The monoisotopic (exact) mass is 356 g/mol. The summed E-state index contributed by atoms with van der Waals surface area (Å²) in [6, 6.07) is 6.84. The zero-order valence-corrected chi connectivity index (χ0v) is 15.4. The summed E-state index contributed by atoms with van der Waals surface area (Å²) in [7, 11) is 3.09. The van der Waals surface area contributed by atoms with Crippen LogP contribution in [0.2, 0.25) is 0 Å². The van der Waals surface area contributed by atoms with Gasteiger partial charge in [0.05, 0.1) is 14.2 Å². The lowest BCUT2D eigenvalue weighted by Crippen LogP contribution is -2.33. The van der Waals surface area contributed by atoms with Gasteiger partial charge in [-0.2, -0.15) is 0 Å². The second-order valence-corrected chi connectivity index (χ2v) is 6.45. The maximum Gasteiger partial charge on any atom is 0.256 e. The van der Waals surface area contributed by atoms with E-state index in [-0.39, 0.29) is 5.91 Å². The van der Waals surface area contributed by atoms with Crippen molar-refractivity contribution in [3.05, 3.63) is 36.2 Å². The highest BCUT2D eigenvalue weighted by atomic mass is 16.5. The third-order valence-corrected chi connectivity index (χ3v) is 4.65. The van der Waals surface area contributed by atoms with Crippen molar-refractivity contribution in [2.75, 3.05) is 37.5 Å². The molecule has 0 saturated carbocycles. The molecule has 1 aliphatic heterocycles. The highest BCUT2D eigenvalue weighted by molar-refractivity contribution is 6.04. The van der Waals surface area contributed by atoms with E-state index in [4.69, 9.17) is 9.47 Å². The van der Waals surface area contributed by atoms with Crippen LogP contribution in [0.3, 0.4) is 0 Å². The molecule has 0 spiro atoms. The Balaban J connectivity index is 1.72. The number of carbonyl (C=O) groups excluding carboxylic acids is 1. The van der Waals surface area contributed by atoms with Gasteiger partial charge in [0.2, 0.25) is 0 Å². The number of piperidine rings is 1. The number of methoxy groups -OCH3 is 2. The number of anilines is 2. The summed E-state index contributed by atoms with van der Waals surface area (Å²) in [5.41, 5.74) is 0.467. The first-order valence-electron chi connectivity index (χ1n) is 8.71. The first-order chi connectivity index (χ1) is 12.6. The molecule has 1 fully saturated rings. The molecule has 0 aliphatic carbocycles. The van der Waals surface area contributed by atoms with Gasteiger partial charge in [0, 0.05) is 24.7 Å². The Morgan fingerprint density at radius 3 is 2.54 bits per heavy atom. The van der Waals surface area contributed by atoms with Crippen LogP contribution in [0.25, 0.3) is 0 Å². The van der Waals surface area contributed by atoms with Crippen molar-refractivity contribution in [3.8, 4) is 11.5 Å². The second kappa shape index (κ2) is 8.03. The molecule has 1 aliphatic rings. The quantitative estimate of drug-likeness (QED) is 0.887. The number of nitrogens with one attached hydrogen (secondary N) is 1. The van der Waals surface area contributed by atoms with Gasteiger partial charge in [-0.05, 0) is 37.0 Å². The van der Waals surface area contributed by atoms with Gasteiger partial charge < -0.3 is 19.7 Å². The number of ether oxygens (including phenoxy) is 2. The minimum absolute atomic E-state index is 0.261. The number of carbonyl (C=O) groups is 1. The zero-order chi connectivity index (χ0) is 18.5. The van der Waals surface area contributed by atoms with Gasteiger partial charge in [0.1, 0.15) is 18.0 Å². The molecule has 26 heavy (non-hydrogen) atoms. The summed E-state index contributed by atoms with van der Waals surface area (Å²) in [6.07, 6.45) is 3.78. The number of hydrogen-bond acceptors (Lipinski definition) is 6. The predicted molar refractivity (Wildman–Crippen MR) is 100 cm³/mol. The summed E-state index contributed by atoms with van der Waals surface area (Å²) in [4.78, 5) is 23.3. The van der Waals surface area contributed by atoms with E-state index >= 15 is 0 Å². The fraction of sp³-hybridized carbons (Fsp3) is 0.421. The van der Waals surface area contributed by atoms with Crippen LogP contribution >= 0.6 is 0 Å². The minimum atomic E-state index is -0.261. The number of aromatic nitrogens is 2. The Morgan fingerprint density at radius 2 is 1.85 bits per heavy atom. The van der Waals surface area contributed by atoms with E-state index in [2.05, 4.69) is 27.1 Å². The number of benzene rings is 1. The van der Waals surface area contributed by atoms with Gasteiger partial charge in [0.25, 0.3) is 5.91 Å². The fourth-order valence-corrected chi connectivity index (χ4v) is 2.99. The molecule has 0 atom stereocenters. The molecular formula is C19H24N4O3. The average molecular weight is 356 g/mol. The SMILES string of the molecule is COc1ccc(C(=O)Nc2cc(N3CCC(C)CC3)ncn2)cc1OC. The third kappa shape index (κ3) is 4.04. The largest absolute Gasteiger partial charge is 0.493 e. The first-order valence-corrected chi connectivity index (χ1v) is 8.71. The third-order valence-electron chi connectivity index (χ3n) is 4.65. The van der Waals surface area contributed by atoms with Crippen molar-refractivity contribution in [2.45, 2.75) is 19.8 Å². The number of amides is 1. The molecule has 1 aromatic carbocycles. The van der Waals surface area contributed by atoms with E-state index in [0.29, 0.717) is 22.9 Å². The van der Waals surface area contributed by atoms with Crippen LogP contribution in [0.5, 0.6) is 11.5 Å². The lowest BCUT2D eigenvalue weighted by molar-refractivity contribution is 0.102. The number of hydrogen-bond donors (Lipinski definition) is 1. The maximum atomic E-state index is 12.5. The highest BCUT2D eigenvalue weighted by Gasteiger charge is 2.18. The average Bonchev–Trinajstić information content (AvgIpc) is 2.68. The highest BCUT2D eigenvalue weighted by Crippen LogP contribution is 2.28. The lowest BCUT2D eigenvalue weighted by atomic mass is 9.99. The summed E-state index contributed by atoms with van der Waals surface area (Å²) < 4.78 is 10.4. The van der Waals surface area contributed by atoms with Crippen molar-refractivity contribution in [3.63, 3.8) is 0 Å². The van der Waals surface area contributed by atoms with E-state index in [0.717, 1.165) is 37.7 Å². The van der Waals surface area contributed by atoms with Gasteiger partial charge in [-0.3, -0.25) is 4.79 Å². The minimum Gasteiger partial charge on any atom is -0.493 e. The summed E-state index contributed by atoms with van der Waals surface area (Å²) in [5, 5.41) is 2.82. The van der Waals surface area contributed by atoms with Crippen molar-refractivity contribution >= 4 is 17.5 Å². The molecule has 1 aromatic heterocycles. The Bertz CT molecular complexity index is 773. The fourth-order valence-electron chi connectivity index (χ4n) is 2.99. The van der Waals surface area contributed by atoms with Crippen LogP contribution in [-0.2, 0) is 0 Å². The molecule has 138 valence electrons. The Hall–Kier alpha value is -2.83. The molecule has 0 unspecified atom stereocenters. The maximum absolute atomic E-state index is 12.5. The zero-order valence-electron chi connectivity index (χ0n) is 15.4. The standard InChI is InChI=1S/C19H24N4O3/c1-13-6-8-23(9-7-13)18-11-17(20-12-21-18)22-19(24)14-4-5-15(25-2)16(10-14)26-3/h4-5,10-13H,6-9H2,1-3H3,(H,20,21,22,24). The summed E-state index contributed by atoms with van der Waals surface area (Å²) in [5.74, 6) is 2.89. The van der Waals surface area contributed by atoms with E-state index in [1.807, 2.05) is 6.07 Å². The van der Waals surface area contributed by atoms with Crippen molar-refractivity contribution < 1.29 is 14.3 Å². The predicted octanol–water partition coefficient (Wildman–Crippen LogP) is 2.98. The molecule has 0 bridgehead atoms. The van der Waals surface area contributed by atoms with Gasteiger partial charge >= 0.3 is 0 Å². The molecule has 2 aromatic rings.